The summed E-state index contributed by atoms with van der Waals surface area (Å²) >= 11 is 0. The highest BCUT2D eigenvalue weighted by Crippen LogP contribution is 2.64. The van der Waals surface area contributed by atoms with Crippen LogP contribution in [0.15, 0.2) is 342 Å². The fourth-order valence-electron chi connectivity index (χ4n) is 31.0. The summed E-state index contributed by atoms with van der Waals surface area (Å²) < 4.78 is 60.8. The largest absolute Gasteiger partial charge is 0.456 e. The number of para-hydroxylation sites is 10. The van der Waals surface area contributed by atoms with Gasteiger partial charge in [-0.2, -0.15) is 0 Å². The van der Waals surface area contributed by atoms with Crippen LogP contribution in [-0.4, -0.2) is 26.4 Å². The molecule has 0 radical (unpaired) electrons. The van der Waals surface area contributed by atoms with Crippen LogP contribution in [0, 0.1) is 0 Å². The van der Waals surface area contributed by atoms with E-state index in [0.29, 0.717) is 0 Å². The minimum absolute atomic E-state index is 0.00761. The third-order valence-corrected chi connectivity index (χ3v) is 36.2. The normalized spacial score (nSPS) is 13.6. The molecule has 0 spiro atoms. The third-order valence-electron chi connectivity index (χ3n) is 36.2. The van der Waals surface area contributed by atoms with Crippen LogP contribution in [0.3, 0.4) is 0 Å². The molecule has 0 aliphatic carbocycles. The highest BCUT2D eigenvalue weighted by Gasteiger charge is 2.41. The van der Waals surface area contributed by atoms with Crippen molar-refractivity contribution in [3.8, 4) is 22.3 Å². The van der Waals surface area contributed by atoms with E-state index in [1.54, 1.807) is 0 Å². The molecule has 0 N–H and O–H groups in total. The molecule has 0 saturated heterocycles. The van der Waals surface area contributed by atoms with Gasteiger partial charge in [-0.05, 0) is 172 Å². The van der Waals surface area contributed by atoms with Gasteiger partial charge in [-0.25, -0.2) is 0 Å². The molecule has 12 nitrogen and oxygen atoms in total. The first-order valence-corrected chi connectivity index (χ1v) is 53.0. The fourth-order valence-corrected chi connectivity index (χ4v) is 31.0. The lowest BCUT2D eigenvalue weighted by Gasteiger charge is -2.19. The maximum atomic E-state index is 8.02. The molecule has 0 bridgehead atoms. The van der Waals surface area contributed by atoms with Gasteiger partial charge in [-0.15, -0.1) is 0 Å². The van der Waals surface area contributed by atoms with Crippen molar-refractivity contribution in [2.75, 3.05) is 0 Å². The molecule has 18 heterocycles. The second-order valence-electron chi connectivity index (χ2n) is 44.6. The van der Waals surface area contributed by atoms with Crippen molar-refractivity contribution in [1.29, 1.82) is 0 Å². The topological polar surface area (TPSA) is 105 Å². The van der Waals surface area contributed by atoms with E-state index in [9.17, 15) is 0 Å². The molecule has 18 aromatic heterocycles. The summed E-state index contributed by atoms with van der Waals surface area (Å²) in [6, 6.07) is 118. The maximum Gasteiger partial charge on any atom is 0.160 e. The highest BCUT2D eigenvalue weighted by atomic mass is 16.4. The van der Waals surface area contributed by atoms with Gasteiger partial charge in [0, 0.05) is 189 Å². The van der Waals surface area contributed by atoms with E-state index in [0.717, 1.165) is 230 Å². The van der Waals surface area contributed by atoms with Crippen molar-refractivity contribution in [2.45, 2.75) is 79.1 Å². The number of rotatable bonds is 6. The standard InChI is InChI=1S/C138H80N6O6/c1-61(2)104-114-118-110-78-34-15-23-47-100(78)145-103(110)60-86-81-54-65(66-36-27-49-102-108(66)90-56-85-68-29-10-18-42-92(68)140-126(85)121(135(90)150-102)117-107(64(7)8)130-116(106(63(5)6)131(117)140)120-125-84(67-28-9-17-41-91(67)139(125)130)55-87-70-31-13-21-45-98(70)146-134(87)120)50-53-94(81)141(124(86)118)128(114)105(62(3)4)115-119-112-79-35-16-24-48-101(79)149-138(112)113(111-77-33-11-19-43-93(77)142(129(104)115)132(111)119)89-57-88-71-32-14-22-46-99(71)148-137(88)133-109(89)80-40-26-39-74-83-58-95-82(59-96(83)144(133)123(74)80)73-38-25-37-72-75-51-52-76-69-30-12-20-44-97(69)147-136(76)127(75)143(95)122(72)73/h9-64H,1-8H3. The number of furan rings is 6. The van der Waals surface area contributed by atoms with Crippen molar-refractivity contribution in [2.24, 2.45) is 0 Å². The third kappa shape index (κ3) is 8.46. The predicted molar refractivity (Wildman–Crippen MR) is 625 cm³/mol. The molecule has 150 heavy (non-hydrogen) atoms. The zero-order valence-electron chi connectivity index (χ0n) is 82.5. The molecule has 0 atom stereocenters. The average Bonchev–Trinajstić information content (AvgIpc) is 1.48. The number of nitrogens with zero attached hydrogens (tertiary/aromatic N) is 6. The number of aromatic nitrogens is 6. The molecule has 12 heteroatoms. The molecular formula is C138H80N6O6. The maximum absolute atomic E-state index is 8.02. The minimum atomic E-state index is -0.0221. The van der Waals surface area contributed by atoms with Gasteiger partial charge in [0.2, 0.25) is 0 Å². The lowest BCUT2D eigenvalue weighted by molar-refractivity contribution is 0.669. The van der Waals surface area contributed by atoms with E-state index in [4.69, 9.17) is 26.5 Å². The van der Waals surface area contributed by atoms with Gasteiger partial charge in [0.05, 0.1) is 110 Å². The summed E-state index contributed by atoms with van der Waals surface area (Å²) in [6.07, 6.45) is 0. The minimum Gasteiger partial charge on any atom is -0.456 e. The Bertz CT molecular complexity index is 13400. The summed E-state index contributed by atoms with van der Waals surface area (Å²) in [5, 5.41) is 41.9. The molecular weight excluding hydrogens is 1840 g/mol. The monoisotopic (exact) mass is 1920 g/mol. The van der Waals surface area contributed by atoms with Crippen LogP contribution in [0.25, 0.3) is 382 Å². The van der Waals surface area contributed by atoms with Crippen LogP contribution < -0.4 is 0 Å². The van der Waals surface area contributed by atoms with E-state index in [1.165, 1.54) is 175 Å². The highest BCUT2D eigenvalue weighted by molar-refractivity contribution is 6.48. The second kappa shape index (κ2) is 25.6. The van der Waals surface area contributed by atoms with Gasteiger partial charge in [0.15, 0.2) is 11.2 Å². The van der Waals surface area contributed by atoms with Gasteiger partial charge in [0.25, 0.3) is 0 Å². The number of fused-ring (bicyclic) bond motifs is 60. The second-order valence-corrected chi connectivity index (χ2v) is 44.6. The molecule has 39 rings (SSSR count). The zero-order chi connectivity index (χ0) is 97.5. The van der Waals surface area contributed by atoms with Crippen molar-refractivity contribution in [3.05, 3.63) is 338 Å². The molecule has 0 amide bonds. The van der Waals surface area contributed by atoms with E-state index >= 15 is 0 Å². The summed E-state index contributed by atoms with van der Waals surface area (Å²) in [5.41, 5.74) is 41.2. The molecule has 0 fully saturated rings. The van der Waals surface area contributed by atoms with E-state index < -0.39 is 0 Å². The lowest BCUT2D eigenvalue weighted by atomic mass is 9.85. The van der Waals surface area contributed by atoms with E-state index in [1.807, 2.05) is 0 Å². The van der Waals surface area contributed by atoms with Gasteiger partial charge < -0.3 is 52.9 Å². The van der Waals surface area contributed by atoms with Crippen LogP contribution >= 0.6 is 0 Å². The van der Waals surface area contributed by atoms with Crippen LogP contribution in [0.5, 0.6) is 0 Å². The Kier molecular flexibility index (Phi) is 13.3. The van der Waals surface area contributed by atoms with Crippen LogP contribution in [0.4, 0.5) is 0 Å². The van der Waals surface area contributed by atoms with Crippen molar-refractivity contribution in [3.63, 3.8) is 0 Å². The fraction of sp³-hybridized carbons (Fsp3) is 0.0870. The zero-order valence-corrected chi connectivity index (χ0v) is 82.5. The summed E-state index contributed by atoms with van der Waals surface area (Å²) in [4.78, 5) is 0. The smallest absolute Gasteiger partial charge is 0.160 e. The molecule has 698 valence electrons. The Morgan fingerprint density at radius 3 is 1.12 bits per heavy atom. The Balaban J connectivity index is 0.614. The van der Waals surface area contributed by atoms with E-state index in [2.05, 4.69) is 397 Å². The van der Waals surface area contributed by atoms with Gasteiger partial charge >= 0.3 is 0 Å². The van der Waals surface area contributed by atoms with Gasteiger partial charge in [0.1, 0.15) is 55.8 Å². The number of hydrogen-bond donors (Lipinski definition) is 0. The van der Waals surface area contributed by atoms with Gasteiger partial charge in [-0.1, -0.05) is 262 Å². The van der Waals surface area contributed by atoms with Crippen LogP contribution in [-0.2, 0) is 0 Å². The first kappa shape index (κ1) is 77.7. The van der Waals surface area contributed by atoms with Crippen LogP contribution in [0.1, 0.15) is 101 Å². The average molecular weight is 1920 g/mol. The number of hydrogen-bond acceptors (Lipinski definition) is 6. The Morgan fingerprint density at radius 2 is 0.527 bits per heavy atom. The molecule has 0 unspecified atom stereocenters. The van der Waals surface area contributed by atoms with Crippen molar-refractivity contribution in [1.82, 2.24) is 26.4 Å². The first-order valence-electron chi connectivity index (χ1n) is 53.0. The molecule has 21 aromatic carbocycles. The Morgan fingerprint density at radius 1 is 0.153 bits per heavy atom. The first-order chi connectivity index (χ1) is 73.8. The quantitative estimate of drug-likeness (QED) is 0.164. The SMILES string of the molecule is CC(C)c1c2c3c4oc5cccc(-c6ccc7c(c6)c6cc8oc9ccccc9c8c8c9c(C(C)C)c%10c(c(C(C)C)c9n7c68)c6c7c(oc8ccccc87)c(-c7cc8c9ccccc9oc8c8c7c7cccc9c%11cc%12c(cc%11n8c97)c7cccc8c9ccc%11c%13ccccc%13oc%11c9n%12c78)c7c8ccccc8n%10c76)c5c4cc4c5ccccc5n(c2c(C(C)C)c2c5c6oc7ccccc7c6cc6c7ccccc7n(c12)c65)c43. The molecule has 39 aromatic rings. The summed E-state index contributed by atoms with van der Waals surface area (Å²) in [5.74, 6) is 0.130. The van der Waals surface area contributed by atoms with E-state index in [-0.39, 0.29) is 23.7 Å². The molecule has 0 saturated carbocycles. The number of benzene rings is 21. The van der Waals surface area contributed by atoms with Crippen LogP contribution in [0.2, 0.25) is 0 Å². The van der Waals surface area contributed by atoms with Crippen molar-refractivity contribution < 1.29 is 26.5 Å². The lowest BCUT2D eigenvalue weighted by Crippen LogP contribution is -2.01. The molecule has 0 aliphatic heterocycles. The Hall–Kier alpha value is -18.8. The summed E-state index contributed by atoms with van der Waals surface area (Å²) in [7, 11) is 0. The Labute approximate surface area is 846 Å². The van der Waals surface area contributed by atoms with Crippen molar-refractivity contribution >= 4 is 360 Å². The molecule has 0 aliphatic rings. The predicted octanol–water partition coefficient (Wildman–Crippen LogP) is 39.8. The summed E-state index contributed by atoms with van der Waals surface area (Å²) in [6.45, 7) is 19.4. The van der Waals surface area contributed by atoms with Gasteiger partial charge in [-0.3, -0.25) is 0 Å².